The van der Waals surface area contributed by atoms with Crippen LogP contribution in [-0.4, -0.2) is 50.5 Å². The van der Waals surface area contributed by atoms with Crippen molar-refractivity contribution in [1.82, 2.24) is 10.2 Å². The molecule has 2 rings (SSSR count). The summed E-state index contributed by atoms with van der Waals surface area (Å²) in [6.07, 6.45) is 2.11. The highest BCUT2D eigenvalue weighted by Gasteiger charge is 2.08. The minimum absolute atomic E-state index is 0. The number of rotatable bonds is 6. The van der Waals surface area contributed by atoms with Gasteiger partial charge in [0.1, 0.15) is 0 Å². The molecule has 0 aliphatic carbocycles. The summed E-state index contributed by atoms with van der Waals surface area (Å²) in [5.74, 6) is 0. The molecule has 0 amide bonds. The molecule has 0 radical (unpaired) electrons. The minimum Gasteiger partial charge on any atom is -0.379 e. The highest BCUT2D eigenvalue weighted by molar-refractivity contribution is 7.98. The lowest BCUT2D eigenvalue weighted by molar-refractivity contribution is 0.0384. The van der Waals surface area contributed by atoms with Crippen molar-refractivity contribution < 1.29 is 4.74 Å². The summed E-state index contributed by atoms with van der Waals surface area (Å²) < 4.78 is 5.33. The Morgan fingerprint density at radius 1 is 1.15 bits per heavy atom. The predicted molar refractivity (Wildman–Crippen MR) is 91.7 cm³/mol. The monoisotopic (exact) mass is 338 g/mol. The molecule has 116 valence electrons. The van der Waals surface area contributed by atoms with Gasteiger partial charge in [-0.3, -0.25) is 4.90 Å². The first-order chi connectivity index (χ1) is 8.88. The van der Waals surface area contributed by atoms with Crippen LogP contribution in [0.3, 0.4) is 0 Å². The molecular weight excluding hydrogens is 315 g/mol. The summed E-state index contributed by atoms with van der Waals surface area (Å²) in [7, 11) is 0. The van der Waals surface area contributed by atoms with Gasteiger partial charge < -0.3 is 10.1 Å². The lowest BCUT2D eigenvalue weighted by atomic mass is 10.2. The Bertz CT molecular complexity index is 346. The average molecular weight is 339 g/mol. The van der Waals surface area contributed by atoms with E-state index in [-0.39, 0.29) is 24.8 Å². The van der Waals surface area contributed by atoms with E-state index in [4.69, 9.17) is 4.74 Å². The van der Waals surface area contributed by atoms with Crippen LogP contribution in [0.2, 0.25) is 0 Å². The number of ether oxygens (including phenoxy) is 1. The molecule has 0 spiro atoms. The first-order valence-corrected chi connectivity index (χ1v) is 7.75. The molecule has 0 bridgehead atoms. The molecule has 1 aliphatic rings. The zero-order chi connectivity index (χ0) is 12.6. The maximum Gasteiger partial charge on any atom is 0.0594 e. The molecule has 0 aromatic heterocycles. The molecule has 3 nitrogen and oxygen atoms in total. The topological polar surface area (TPSA) is 24.5 Å². The van der Waals surface area contributed by atoms with E-state index in [0.717, 1.165) is 45.9 Å². The molecule has 1 N–H and O–H groups in total. The molecular formula is C14H24Cl2N2OS. The van der Waals surface area contributed by atoms with Gasteiger partial charge in [-0.2, -0.15) is 0 Å². The van der Waals surface area contributed by atoms with Crippen molar-refractivity contribution in [2.24, 2.45) is 0 Å². The molecule has 1 fully saturated rings. The van der Waals surface area contributed by atoms with Crippen LogP contribution in [0.5, 0.6) is 0 Å². The highest BCUT2D eigenvalue weighted by atomic mass is 35.5. The highest BCUT2D eigenvalue weighted by Crippen LogP contribution is 2.14. The van der Waals surface area contributed by atoms with Crippen molar-refractivity contribution in [3.63, 3.8) is 0 Å². The molecule has 1 aliphatic heterocycles. The van der Waals surface area contributed by atoms with E-state index in [9.17, 15) is 0 Å². The average Bonchev–Trinajstić information content (AvgIpc) is 2.45. The number of hydrogen-bond donors (Lipinski definition) is 1. The predicted octanol–water partition coefficient (Wildman–Crippen LogP) is 2.67. The Hall–Kier alpha value is 0.0300. The lowest BCUT2D eigenvalue weighted by Gasteiger charge is -2.26. The normalized spacial score (nSPS) is 15.2. The number of morpholine rings is 1. The molecule has 0 atom stereocenters. The minimum atomic E-state index is 0. The molecule has 20 heavy (non-hydrogen) atoms. The fourth-order valence-corrected chi connectivity index (χ4v) is 2.45. The number of benzene rings is 1. The molecule has 1 aromatic carbocycles. The van der Waals surface area contributed by atoms with Crippen LogP contribution < -0.4 is 5.32 Å². The Balaban J connectivity index is 0.00000180. The maximum absolute atomic E-state index is 5.33. The van der Waals surface area contributed by atoms with Gasteiger partial charge >= 0.3 is 0 Å². The van der Waals surface area contributed by atoms with Crippen LogP contribution in [0.25, 0.3) is 0 Å². The Morgan fingerprint density at radius 3 is 2.40 bits per heavy atom. The van der Waals surface area contributed by atoms with Gasteiger partial charge in [-0.15, -0.1) is 36.6 Å². The number of halogens is 2. The molecule has 0 saturated carbocycles. The maximum atomic E-state index is 5.33. The van der Waals surface area contributed by atoms with Crippen molar-refractivity contribution in [1.29, 1.82) is 0 Å². The third kappa shape index (κ3) is 7.16. The quantitative estimate of drug-likeness (QED) is 0.636. The van der Waals surface area contributed by atoms with Crippen molar-refractivity contribution in [2.75, 3.05) is 45.6 Å². The van der Waals surface area contributed by atoms with Gasteiger partial charge in [0.2, 0.25) is 0 Å². The van der Waals surface area contributed by atoms with Gasteiger partial charge in [-0.1, -0.05) is 12.1 Å². The molecule has 1 saturated heterocycles. The lowest BCUT2D eigenvalue weighted by Crippen LogP contribution is -2.40. The molecule has 1 aromatic rings. The van der Waals surface area contributed by atoms with E-state index < -0.39 is 0 Å². The second-order valence-electron chi connectivity index (χ2n) is 4.48. The fraction of sp³-hybridized carbons (Fsp3) is 0.571. The number of hydrogen-bond acceptors (Lipinski definition) is 4. The summed E-state index contributed by atoms with van der Waals surface area (Å²) in [6.45, 7) is 7.04. The number of nitrogens with one attached hydrogen (secondary N) is 1. The van der Waals surface area contributed by atoms with Crippen LogP contribution in [0, 0.1) is 0 Å². The standard InChI is InChI=1S/C14H22N2OS.2ClH/c1-18-14-4-2-13(3-5-14)12-15-6-7-16-8-10-17-11-9-16;;/h2-5,15H,6-12H2,1H3;2*1H. The van der Waals surface area contributed by atoms with E-state index in [1.807, 2.05) is 0 Å². The van der Waals surface area contributed by atoms with Crippen LogP contribution in [-0.2, 0) is 11.3 Å². The second-order valence-corrected chi connectivity index (χ2v) is 5.36. The van der Waals surface area contributed by atoms with Gasteiger partial charge in [0.25, 0.3) is 0 Å². The SMILES string of the molecule is CSc1ccc(CNCCN2CCOCC2)cc1.Cl.Cl. The number of thioether (sulfide) groups is 1. The van der Waals surface area contributed by atoms with Crippen LogP contribution in [0.1, 0.15) is 5.56 Å². The van der Waals surface area contributed by atoms with Crippen molar-refractivity contribution >= 4 is 36.6 Å². The first kappa shape index (κ1) is 20.0. The van der Waals surface area contributed by atoms with E-state index in [2.05, 4.69) is 40.7 Å². The fourth-order valence-electron chi connectivity index (χ4n) is 2.04. The van der Waals surface area contributed by atoms with Gasteiger partial charge in [0, 0.05) is 37.6 Å². The van der Waals surface area contributed by atoms with Crippen LogP contribution in [0.15, 0.2) is 29.2 Å². The van der Waals surface area contributed by atoms with Crippen LogP contribution >= 0.6 is 36.6 Å². The van der Waals surface area contributed by atoms with Crippen molar-refractivity contribution in [3.8, 4) is 0 Å². The second kappa shape index (κ2) is 11.7. The van der Waals surface area contributed by atoms with Gasteiger partial charge in [-0.25, -0.2) is 0 Å². The van der Waals surface area contributed by atoms with E-state index in [1.165, 1.54) is 10.5 Å². The Labute approximate surface area is 138 Å². The Morgan fingerprint density at radius 2 is 1.80 bits per heavy atom. The Kier molecular flexibility index (Phi) is 11.7. The van der Waals surface area contributed by atoms with Crippen molar-refractivity contribution in [3.05, 3.63) is 29.8 Å². The summed E-state index contributed by atoms with van der Waals surface area (Å²) in [5, 5.41) is 3.50. The molecule has 1 heterocycles. The summed E-state index contributed by atoms with van der Waals surface area (Å²) in [6, 6.07) is 8.77. The zero-order valence-electron chi connectivity index (χ0n) is 11.8. The third-order valence-electron chi connectivity index (χ3n) is 3.20. The van der Waals surface area contributed by atoms with Gasteiger partial charge in [-0.05, 0) is 24.0 Å². The smallest absolute Gasteiger partial charge is 0.0594 e. The first-order valence-electron chi connectivity index (χ1n) is 6.52. The summed E-state index contributed by atoms with van der Waals surface area (Å²) in [4.78, 5) is 3.78. The summed E-state index contributed by atoms with van der Waals surface area (Å²) in [5.41, 5.74) is 1.36. The molecule has 6 heteroatoms. The van der Waals surface area contributed by atoms with Gasteiger partial charge in [0.15, 0.2) is 0 Å². The van der Waals surface area contributed by atoms with Crippen molar-refractivity contribution in [2.45, 2.75) is 11.4 Å². The third-order valence-corrected chi connectivity index (χ3v) is 3.94. The van der Waals surface area contributed by atoms with E-state index in [0.29, 0.717) is 0 Å². The van der Waals surface area contributed by atoms with Gasteiger partial charge in [0.05, 0.1) is 13.2 Å². The number of nitrogens with zero attached hydrogens (tertiary/aromatic N) is 1. The zero-order valence-corrected chi connectivity index (χ0v) is 14.3. The van der Waals surface area contributed by atoms with E-state index >= 15 is 0 Å². The largest absolute Gasteiger partial charge is 0.379 e. The van der Waals surface area contributed by atoms with Crippen LogP contribution in [0.4, 0.5) is 0 Å². The summed E-state index contributed by atoms with van der Waals surface area (Å²) >= 11 is 1.79. The molecule has 0 unspecified atom stereocenters. The van der Waals surface area contributed by atoms with E-state index in [1.54, 1.807) is 11.8 Å².